The van der Waals surface area contributed by atoms with E-state index in [1.807, 2.05) is 0 Å². The van der Waals surface area contributed by atoms with Crippen LogP contribution in [-0.2, 0) is 19.6 Å². The van der Waals surface area contributed by atoms with Crippen molar-refractivity contribution in [3.63, 3.8) is 0 Å². The Hall–Kier alpha value is -1.64. The fraction of sp³-hybridized carbons (Fsp3) is 0.579. The molecule has 154 valence electrons. The van der Waals surface area contributed by atoms with E-state index >= 15 is 0 Å². The molecule has 0 radical (unpaired) electrons. The Morgan fingerprint density at radius 2 is 1.57 bits per heavy atom. The first-order chi connectivity index (χ1) is 13.4. The predicted octanol–water partition coefficient (Wildman–Crippen LogP) is 2.68. The van der Waals surface area contributed by atoms with Crippen LogP contribution >= 0.6 is 11.6 Å². The summed E-state index contributed by atoms with van der Waals surface area (Å²) in [6.45, 7) is 1.89. The summed E-state index contributed by atoms with van der Waals surface area (Å²) in [6.07, 6.45) is 5.51. The predicted molar refractivity (Wildman–Crippen MR) is 105 cm³/mol. The molecule has 2 fully saturated rings. The van der Waals surface area contributed by atoms with Gasteiger partial charge in [-0.25, -0.2) is 13.2 Å². The summed E-state index contributed by atoms with van der Waals surface area (Å²) in [7, 11) is -3.80. The van der Waals surface area contributed by atoms with Gasteiger partial charge in [-0.2, -0.15) is 4.31 Å². The number of likely N-dealkylation sites (tertiary alicyclic amines) is 1. The number of amides is 1. The molecule has 7 nitrogen and oxygen atoms in total. The van der Waals surface area contributed by atoms with Gasteiger partial charge in [0, 0.05) is 26.2 Å². The van der Waals surface area contributed by atoms with E-state index in [9.17, 15) is 18.0 Å². The minimum absolute atomic E-state index is 0.0621. The van der Waals surface area contributed by atoms with Crippen LogP contribution in [0.1, 0.15) is 48.9 Å². The molecule has 0 aromatic heterocycles. The molecule has 0 bridgehead atoms. The van der Waals surface area contributed by atoms with E-state index in [1.165, 1.54) is 22.5 Å². The Morgan fingerprint density at radius 3 is 2.21 bits per heavy atom. The highest BCUT2D eigenvalue weighted by Gasteiger charge is 2.28. The number of sulfonamides is 1. The van der Waals surface area contributed by atoms with Crippen molar-refractivity contribution in [1.82, 2.24) is 9.21 Å². The highest BCUT2D eigenvalue weighted by Crippen LogP contribution is 2.28. The maximum atomic E-state index is 13.0. The molecule has 0 atom stereocenters. The molecule has 3 rings (SSSR count). The molecule has 2 saturated heterocycles. The van der Waals surface area contributed by atoms with Crippen LogP contribution in [0.2, 0.25) is 5.02 Å². The SMILES string of the molecule is O=C(OCC(=O)N1CCCC1)c1ccc(Cl)c(S(=O)(=O)N2CCCCCC2)c1. The number of esters is 1. The molecule has 0 aliphatic carbocycles. The van der Waals surface area contributed by atoms with Gasteiger partial charge in [-0.15, -0.1) is 0 Å². The van der Waals surface area contributed by atoms with E-state index in [1.54, 1.807) is 4.90 Å². The zero-order chi connectivity index (χ0) is 20.1. The van der Waals surface area contributed by atoms with Crippen LogP contribution in [0.15, 0.2) is 23.1 Å². The van der Waals surface area contributed by atoms with Crippen molar-refractivity contribution in [2.24, 2.45) is 0 Å². The standard InChI is InChI=1S/C19H25ClN2O5S/c20-16-8-7-15(19(24)27-14-18(23)21-9-5-6-10-21)13-17(16)28(25,26)22-11-3-1-2-4-12-22/h7-8,13H,1-6,9-12,14H2. The largest absolute Gasteiger partial charge is 0.452 e. The highest BCUT2D eigenvalue weighted by molar-refractivity contribution is 7.89. The maximum Gasteiger partial charge on any atom is 0.338 e. The quantitative estimate of drug-likeness (QED) is 0.673. The average Bonchev–Trinajstić information content (AvgIpc) is 3.07. The second-order valence-corrected chi connectivity index (χ2v) is 9.44. The van der Waals surface area contributed by atoms with Crippen molar-refractivity contribution >= 4 is 33.5 Å². The number of benzene rings is 1. The molecule has 0 unspecified atom stereocenters. The van der Waals surface area contributed by atoms with Gasteiger partial charge >= 0.3 is 5.97 Å². The molecule has 1 aromatic rings. The van der Waals surface area contributed by atoms with Crippen LogP contribution in [-0.4, -0.2) is 62.3 Å². The highest BCUT2D eigenvalue weighted by atomic mass is 35.5. The second kappa shape index (κ2) is 9.24. The zero-order valence-corrected chi connectivity index (χ0v) is 17.3. The number of halogens is 1. The Morgan fingerprint density at radius 1 is 0.964 bits per heavy atom. The smallest absolute Gasteiger partial charge is 0.338 e. The summed E-state index contributed by atoms with van der Waals surface area (Å²) >= 11 is 6.14. The lowest BCUT2D eigenvalue weighted by Gasteiger charge is -2.21. The van der Waals surface area contributed by atoms with E-state index in [4.69, 9.17) is 16.3 Å². The van der Waals surface area contributed by atoms with Crippen molar-refractivity contribution in [3.8, 4) is 0 Å². The van der Waals surface area contributed by atoms with E-state index in [0.29, 0.717) is 26.2 Å². The first-order valence-electron chi connectivity index (χ1n) is 9.64. The summed E-state index contributed by atoms with van der Waals surface area (Å²) in [5, 5.41) is 0.0638. The molecule has 0 spiro atoms. The van der Waals surface area contributed by atoms with Gasteiger partial charge in [0.2, 0.25) is 10.0 Å². The Labute approximate surface area is 170 Å². The summed E-state index contributed by atoms with van der Waals surface area (Å²) in [4.78, 5) is 25.9. The Kier molecular flexibility index (Phi) is 6.95. The third-order valence-electron chi connectivity index (χ3n) is 5.14. The normalized spacial score (nSPS) is 18.7. The van der Waals surface area contributed by atoms with Gasteiger partial charge in [0.25, 0.3) is 5.91 Å². The monoisotopic (exact) mass is 428 g/mol. The molecule has 0 saturated carbocycles. The summed E-state index contributed by atoms with van der Waals surface area (Å²) < 4.78 is 32.5. The van der Waals surface area contributed by atoms with Crippen LogP contribution in [0.4, 0.5) is 0 Å². The van der Waals surface area contributed by atoms with Crippen molar-refractivity contribution in [2.75, 3.05) is 32.8 Å². The molecular formula is C19H25ClN2O5S. The van der Waals surface area contributed by atoms with Gasteiger partial charge in [-0.05, 0) is 43.9 Å². The summed E-state index contributed by atoms with van der Waals surface area (Å²) in [5.74, 6) is -0.978. The number of carbonyl (C=O) groups excluding carboxylic acids is 2. The van der Waals surface area contributed by atoms with Crippen molar-refractivity contribution in [3.05, 3.63) is 28.8 Å². The van der Waals surface area contributed by atoms with Crippen LogP contribution in [0, 0.1) is 0 Å². The lowest BCUT2D eigenvalue weighted by atomic mass is 10.2. The summed E-state index contributed by atoms with van der Waals surface area (Å²) in [6, 6.07) is 4.03. The molecular weight excluding hydrogens is 404 g/mol. The zero-order valence-electron chi connectivity index (χ0n) is 15.7. The number of ether oxygens (including phenoxy) is 1. The molecule has 2 heterocycles. The molecule has 1 aromatic carbocycles. The molecule has 9 heteroatoms. The van der Waals surface area contributed by atoms with Gasteiger partial charge < -0.3 is 9.64 Å². The van der Waals surface area contributed by atoms with Gasteiger partial charge in [-0.1, -0.05) is 24.4 Å². The average molecular weight is 429 g/mol. The first kappa shape index (κ1) is 21.1. The van der Waals surface area contributed by atoms with Crippen LogP contribution in [0.5, 0.6) is 0 Å². The van der Waals surface area contributed by atoms with Crippen molar-refractivity contribution < 1.29 is 22.7 Å². The third kappa shape index (κ3) is 4.85. The van der Waals surface area contributed by atoms with Crippen molar-refractivity contribution in [2.45, 2.75) is 43.4 Å². The lowest BCUT2D eigenvalue weighted by Crippen LogP contribution is -2.32. The number of hydrogen-bond acceptors (Lipinski definition) is 5. The maximum absolute atomic E-state index is 13.0. The van der Waals surface area contributed by atoms with Crippen LogP contribution in [0.25, 0.3) is 0 Å². The minimum atomic E-state index is -3.80. The molecule has 2 aliphatic heterocycles. The van der Waals surface area contributed by atoms with Crippen LogP contribution in [0.3, 0.4) is 0 Å². The fourth-order valence-corrected chi connectivity index (χ4v) is 5.54. The van der Waals surface area contributed by atoms with Crippen molar-refractivity contribution in [1.29, 1.82) is 0 Å². The van der Waals surface area contributed by atoms with Gasteiger partial charge in [0.1, 0.15) is 4.90 Å². The number of nitrogens with zero attached hydrogens (tertiary/aromatic N) is 2. The third-order valence-corrected chi connectivity index (χ3v) is 7.52. The summed E-state index contributed by atoms with van der Waals surface area (Å²) in [5.41, 5.74) is 0.0621. The second-order valence-electron chi connectivity index (χ2n) is 7.13. The van der Waals surface area contributed by atoms with Gasteiger partial charge in [-0.3, -0.25) is 4.79 Å². The fourth-order valence-electron chi connectivity index (χ4n) is 3.52. The molecule has 0 N–H and O–H groups in total. The van der Waals surface area contributed by atoms with Gasteiger partial charge in [0.05, 0.1) is 10.6 Å². The van der Waals surface area contributed by atoms with E-state index in [0.717, 1.165) is 38.5 Å². The van der Waals surface area contributed by atoms with E-state index < -0.39 is 16.0 Å². The molecule has 1 amide bonds. The number of carbonyl (C=O) groups is 2. The number of hydrogen-bond donors (Lipinski definition) is 0. The molecule has 28 heavy (non-hydrogen) atoms. The van der Waals surface area contributed by atoms with E-state index in [2.05, 4.69) is 0 Å². The van der Waals surface area contributed by atoms with Gasteiger partial charge in [0.15, 0.2) is 6.61 Å². The first-order valence-corrected chi connectivity index (χ1v) is 11.5. The topological polar surface area (TPSA) is 84.0 Å². The Bertz CT molecular complexity index is 829. The van der Waals surface area contributed by atoms with E-state index in [-0.39, 0.29) is 28.0 Å². The minimum Gasteiger partial charge on any atom is -0.452 e. The lowest BCUT2D eigenvalue weighted by molar-refractivity contribution is -0.133. The van der Waals surface area contributed by atoms with Crippen LogP contribution < -0.4 is 0 Å². The number of rotatable bonds is 5. The molecule has 2 aliphatic rings. The Balaban J connectivity index is 1.73.